The van der Waals surface area contributed by atoms with E-state index < -0.39 is 12.1 Å². The fraction of sp³-hybridized carbons (Fsp3) is 0.167. The Bertz CT molecular complexity index is 718. The van der Waals surface area contributed by atoms with E-state index >= 15 is 0 Å². The van der Waals surface area contributed by atoms with E-state index in [4.69, 9.17) is 10.00 Å². The van der Waals surface area contributed by atoms with Crippen molar-refractivity contribution in [1.29, 1.82) is 5.26 Å². The lowest BCUT2D eigenvalue weighted by molar-refractivity contribution is -0.129. The van der Waals surface area contributed by atoms with Gasteiger partial charge in [0.15, 0.2) is 6.10 Å². The molecular formula is C18H16N2O3. The van der Waals surface area contributed by atoms with E-state index in [1.54, 1.807) is 0 Å². The second-order valence-electron chi connectivity index (χ2n) is 4.94. The number of nitrogens with one attached hydrogen (secondary N) is 1. The molecule has 0 radical (unpaired) electrons. The molecule has 0 unspecified atom stereocenters. The van der Waals surface area contributed by atoms with Crippen LogP contribution in [0.3, 0.4) is 0 Å². The van der Waals surface area contributed by atoms with Crippen molar-refractivity contribution in [3.05, 3.63) is 71.3 Å². The van der Waals surface area contributed by atoms with E-state index in [1.807, 2.05) is 36.4 Å². The van der Waals surface area contributed by atoms with Gasteiger partial charge < -0.3 is 10.1 Å². The summed E-state index contributed by atoms with van der Waals surface area (Å²) in [4.78, 5) is 23.9. The lowest BCUT2D eigenvalue weighted by Gasteiger charge is -2.13. The first-order valence-electron chi connectivity index (χ1n) is 7.13. The van der Waals surface area contributed by atoms with Gasteiger partial charge in [0, 0.05) is 6.54 Å². The number of carbonyl (C=O) groups is 2. The van der Waals surface area contributed by atoms with E-state index in [1.165, 1.54) is 31.2 Å². The molecule has 0 spiro atoms. The number of rotatable bonds is 5. The topological polar surface area (TPSA) is 79.2 Å². The van der Waals surface area contributed by atoms with Gasteiger partial charge in [0.05, 0.1) is 17.2 Å². The Morgan fingerprint density at radius 2 is 1.78 bits per heavy atom. The van der Waals surface area contributed by atoms with Crippen molar-refractivity contribution in [2.45, 2.75) is 19.6 Å². The van der Waals surface area contributed by atoms with Crippen molar-refractivity contribution in [2.24, 2.45) is 0 Å². The van der Waals surface area contributed by atoms with E-state index in [-0.39, 0.29) is 5.91 Å². The van der Waals surface area contributed by atoms with Crippen molar-refractivity contribution in [3.8, 4) is 6.07 Å². The van der Waals surface area contributed by atoms with Crippen molar-refractivity contribution in [2.75, 3.05) is 0 Å². The lowest BCUT2D eigenvalue weighted by Crippen LogP contribution is -2.35. The molecule has 0 saturated carbocycles. The van der Waals surface area contributed by atoms with Gasteiger partial charge in [0.2, 0.25) is 0 Å². The summed E-state index contributed by atoms with van der Waals surface area (Å²) in [6, 6.07) is 17.5. The fourth-order valence-electron chi connectivity index (χ4n) is 1.89. The first-order valence-corrected chi connectivity index (χ1v) is 7.13. The smallest absolute Gasteiger partial charge is 0.338 e. The zero-order chi connectivity index (χ0) is 16.7. The van der Waals surface area contributed by atoms with Crippen LogP contribution in [0.15, 0.2) is 54.6 Å². The highest BCUT2D eigenvalue weighted by Crippen LogP contribution is 2.07. The fourth-order valence-corrected chi connectivity index (χ4v) is 1.89. The molecule has 23 heavy (non-hydrogen) atoms. The number of carbonyl (C=O) groups excluding carboxylic acids is 2. The van der Waals surface area contributed by atoms with Crippen LogP contribution in [-0.4, -0.2) is 18.0 Å². The Labute approximate surface area is 134 Å². The molecular weight excluding hydrogens is 292 g/mol. The van der Waals surface area contributed by atoms with Gasteiger partial charge in [-0.05, 0) is 36.8 Å². The van der Waals surface area contributed by atoms with Crippen LogP contribution in [0.2, 0.25) is 0 Å². The van der Waals surface area contributed by atoms with Crippen molar-refractivity contribution in [3.63, 3.8) is 0 Å². The van der Waals surface area contributed by atoms with Crippen molar-refractivity contribution < 1.29 is 14.3 Å². The van der Waals surface area contributed by atoms with Gasteiger partial charge >= 0.3 is 5.97 Å². The highest BCUT2D eigenvalue weighted by atomic mass is 16.5. The average Bonchev–Trinajstić information content (AvgIpc) is 2.60. The van der Waals surface area contributed by atoms with Gasteiger partial charge in [-0.15, -0.1) is 0 Å². The predicted molar refractivity (Wildman–Crippen MR) is 84.3 cm³/mol. The molecule has 116 valence electrons. The van der Waals surface area contributed by atoms with E-state index in [9.17, 15) is 9.59 Å². The molecule has 2 aromatic rings. The number of hydrogen-bond acceptors (Lipinski definition) is 4. The molecule has 5 nitrogen and oxygen atoms in total. The summed E-state index contributed by atoms with van der Waals surface area (Å²) in [6.07, 6.45) is -0.901. The molecule has 0 bridgehead atoms. The molecule has 2 rings (SSSR count). The van der Waals surface area contributed by atoms with Gasteiger partial charge in [-0.25, -0.2) is 4.79 Å². The first-order chi connectivity index (χ1) is 11.1. The highest BCUT2D eigenvalue weighted by molar-refractivity contribution is 5.92. The number of benzene rings is 2. The maximum atomic E-state index is 12.0. The number of amides is 1. The predicted octanol–water partition coefficient (Wildman–Crippen LogP) is 2.42. The molecule has 1 amide bonds. The molecule has 0 saturated heterocycles. The van der Waals surface area contributed by atoms with E-state index in [2.05, 4.69) is 5.32 Å². The first kappa shape index (κ1) is 16.2. The highest BCUT2D eigenvalue weighted by Gasteiger charge is 2.18. The summed E-state index contributed by atoms with van der Waals surface area (Å²) in [5.74, 6) is -0.965. The van der Waals surface area contributed by atoms with Gasteiger partial charge in [0.1, 0.15) is 0 Å². The van der Waals surface area contributed by atoms with Gasteiger partial charge in [-0.1, -0.05) is 30.3 Å². The van der Waals surface area contributed by atoms with Crippen molar-refractivity contribution in [1.82, 2.24) is 5.32 Å². The lowest BCUT2D eigenvalue weighted by atomic mass is 10.1. The van der Waals surface area contributed by atoms with Crippen LogP contribution in [0.25, 0.3) is 0 Å². The maximum Gasteiger partial charge on any atom is 0.338 e. The minimum absolute atomic E-state index is 0.298. The molecule has 0 fully saturated rings. The van der Waals surface area contributed by atoms with Gasteiger partial charge in [-0.2, -0.15) is 5.26 Å². The second kappa shape index (κ2) is 7.76. The largest absolute Gasteiger partial charge is 0.449 e. The molecule has 1 atom stereocenters. The standard InChI is InChI=1S/C18H16N2O3/c1-13(17(21)20-12-15-5-3-2-4-6-15)23-18(22)16-9-7-14(11-19)8-10-16/h2-10,13H,12H2,1H3,(H,20,21)/t13-/m0/s1. The Hall–Kier alpha value is -3.13. The summed E-state index contributed by atoms with van der Waals surface area (Å²) in [5.41, 5.74) is 1.72. The average molecular weight is 308 g/mol. The number of hydrogen-bond donors (Lipinski definition) is 1. The third-order valence-corrected chi connectivity index (χ3v) is 3.21. The molecule has 2 aromatic carbocycles. The molecule has 1 N–H and O–H groups in total. The molecule has 0 aliphatic carbocycles. The quantitative estimate of drug-likeness (QED) is 0.860. The zero-order valence-corrected chi connectivity index (χ0v) is 12.7. The normalized spacial score (nSPS) is 11.1. The second-order valence-corrected chi connectivity index (χ2v) is 4.94. The number of esters is 1. The number of ether oxygens (including phenoxy) is 1. The van der Waals surface area contributed by atoms with Crippen LogP contribution in [0.5, 0.6) is 0 Å². The molecule has 0 heterocycles. The Balaban J connectivity index is 1.87. The summed E-state index contributed by atoms with van der Waals surface area (Å²) >= 11 is 0. The maximum absolute atomic E-state index is 12.0. The molecule has 0 aliphatic rings. The van der Waals surface area contributed by atoms with Crippen LogP contribution in [-0.2, 0) is 16.1 Å². The van der Waals surface area contributed by atoms with Crippen LogP contribution < -0.4 is 5.32 Å². The summed E-state index contributed by atoms with van der Waals surface area (Å²) in [5, 5.41) is 11.4. The van der Waals surface area contributed by atoms with E-state index in [0.717, 1.165) is 5.56 Å². The third kappa shape index (κ3) is 4.68. The molecule has 0 aromatic heterocycles. The van der Waals surface area contributed by atoms with Crippen molar-refractivity contribution >= 4 is 11.9 Å². The third-order valence-electron chi connectivity index (χ3n) is 3.21. The molecule has 5 heteroatoms. The SMILES string of the molecule is C[C@H](OC(=O)c1ccc(C#N)cc1)C(=O)NCc1ccccc1. The van der Waals surface area contributed by atoms with Crippen LogP contribution >= 0.6 is 0 Å². The summed E-state index contributed by atoms with van der Waals surface area (Å²) in [6.45, 7) is 1.89. The van der Waals surface area contributed by atoms with Gasteiger partial charge in [-0.3, -0.25) is 4.79 Å². The van der Waals surface area contributed by atoms with Crippen LogP contribution in [0, 0.1) is 11.3 Å². The Morgan fingerprint density at radius 3 is 2.39 bits per heavy atom. The van der Waals surface area contributed by atoms with E-state index in [0.29, 0.717) is 17.7 Å². The minimum atomic E-state index is -0.901. The molecule has 0 aliphatic heterocycles. The number of nitrogens with zero attached hydrogens (tertiary/aromatic N) is 1. The van der Waals surface area contributed by atoms with Crippen LogP contribution in [0.1, 0.15) is 28.4 Å². The Morgan fingerprint density at radius 1 is 1.13 bits per heavy atom. The van der Waals surface area contributed by atoms with Crippen LogP contribution in [0.4, 0.5) is 0 Å². The summed E-state index contributed by atoms with van der Waals surface area (Å²) in [7, 11) is 0. The summed E-state index contributed by atoms with van der Waals surface area (Å²) < 4.78 is 5.13. The number of nitriles is 1. The minimum Gasteiger partial charge on any atom is -0.449 e. The Kier molecular flexibility index (Phi) is 5.48. The zero-order valence-electron chi connectivity index (χ0n) is 12.7. The van der Waals surface area contributed by atoms with Gasteiger partial charge in [0.25, 0.3) is 5.91 Å². The monoisotopic (exact) mass is 308 g/mol.